The molecule has 1 spiro atoms. The molecular formula is C37H53F3N6O6. The van der Waals surface area contributed by atoms with Gasteiger partial charge in [-0.3, -0.25) is 9.69 Å². The van der Waals surface area contributed by atoms with E-state index >= 15 is 0 Å². The van der Waals surface area contributed by atoms with E-state index in [0.29, 0.717) is 42.3 Å². The highest BCUT2D eigenvalue weighted by Crippen LogP contribution is 2.42. The molecule has 4 fully saturated rings. The minimum Gasteiger partial charge on any atom is -0.497 e. The van der Waals surface area contributed by atoms with Crippen molar-refractivity contribution < 1.29 is 42.1 Å². The molecule has 1 atom stereocenters. The molecule has 1 aromatic heterocycles. The summed E-state index contributed by atoms with van der Waals surface area (Å²) < 4.78 is 45.0. The first kappa shape index (κ1) is 39.2. The standard InChI is InChI=1S/C35H52N6O4.C2HF3O2/c1-3-4-10-27-25-40(24-26-8-6-5-7-9-26)34(43)45-35(27)17-21-38(22-18-35)28-15-19-39(20-16-28)33(42)31-23-37-41(32(31)36)29-11-13-30(44-2)14-12-29;3-2(4,5)1(6)7/h11-14,23,26-28H,3-10,15-22,24-25,36H2,1-2H3;(H,6,7). The Labute approximate surface area is 303 Å². The van der Waals surface area contributed by atoms with Crippen molar-refractivity contribution in [2.75, 3.05) is 52.1 Å². The van der Waals surface area contributed by atoms with Gasteiger partial charge in [0.15, 0.2) is 0 Å². The van der Waals surface area contributed by atoms with Gasteiger partial charge in [-0.05, 0) is 62.3 Å². The van der Waals surface area contributed by atoms with Crippen LogP contribution in [0, 0.1) is 11.8 Å². The molecule has 3 saturated heterocycles. The van der Waals surface area contributed by atoms with Gasteiger partial charge in [0.2, 0.25) is 0 Å². The van der Waals surface area contributed by atoms with Gasteiger partial charge in [0.05, 0.1) is 19.0 Å². The Hall–Kier alpha value is -4.01. The number of aliphatic carboxylic acids is 1. The normalized spacial score (nSPS) is 21.7. The zero-order valence-corrected chi connectivity index (χ0v) is 30.3. The van der Waals surface area contributed by atoms with Gasteiger partial charge in [-0.2, -0.15) is 18.3 Å². The fraction of sp³-hybridized carbons (Fsp3) is 0.676. The predicted molar refractivity (Wildman–Crippen MR) is 188 cm³/mol. The molecule has 1 unspecified atom stereocenters. The lowest BCUT2D eigenvalue weighted by Crippen LogP contribution is -2.61. The van der Waals surface area contributed by atoms with Crippen LogP contribution in [0.2, 0.25) is 0 Å². The highest BCUT2D eigenvalue weighted by molar-refractivity contribution is 5.98. The third-order valence-electron chi connectivity index (χ3n) is 11.4. The van der Waals surface area contributed by atoms with Crippen LogP contribution in [0.1, 0.15) is 94.3 Å². The monoisotopic (exact) mass is 734 g/mol. The smallest absolute Gasteiger partial charge is 0.490 e. The van der Waals surface area contributed by atoms with Gasteiger partial charge in [0.1, 0.15) is 22.7 Å². The SMILES string of the molecule is CCCCC1CN(CC2CCCCC2)C(=O)OC12CCN(C1CCN(C(=O)c3cnn(-c4ccc(OC)cc4)c3N)CC1)CC2.O=C(O)C(F)(F)F. The number of benzene rings is 1. The van der Waals surface area contributed by atoms with Gasteiger partial charge in [-0.25, -0.2) is 14.3 Å². The van der Waals surface area contributed by atoms with Gasteiger partial charge >= 0.3 is 18.2 Å². The van der Waals surface area contributed by atoms with Gasteiger partial charge in [0, 0.05) is 64.1 Å². The number of amides is 2. The second-order valence-corrected chi connectivity index (χ2v) is 14.6. The number of aromatic nitrogens is 2. The number of rotatable bonds is 9. The van der Waals surface area contributed by atoms with Gasteiger partial charge in [-0.15, -0.1) is 0 Å². The number of hydrogen-bond donors (Lipinski definition) is 2. The van der Waals surface area contributed by atoms with Crippen LogP contribution in [0.5, 0.6) is 5.75 Å². The molecule has 52 heavy (non-hydrogen) atoms. The van der Waals surface area contributed by atoms with Crippen molar-refractivity contribution in [3.63, 3.8) is 0 Å². The number of nitrogens with two attached hydrogens (primary N) is 1. The molecule has 2 amide bonds. The number of likely N-dealkylation sites (tertiary alicyclic amines) is 2. The largest absolute Gasteiger partial charge is 0.497 e. The molecule has 3 aliphatic heterocycles. The molecule has 0 bridgehead atoms. The maximum Gasteiger partial charge on any atom is 0.490 e. The van der Waals surface area contributed by atoms with E-state index in [4.69, 9.17) is 25.1 Å². The lowest BCUT2D eigenvalue weighted by molar-refractivity contribution is -0.192. The van der Waals surface area contributed by atoms with E-state index in [1.54, 1.807) is 18.0 Å². The molecule has 2 aromatic rings. The molecule has 4 aliphatic rings. The molecule has 288 valence electrons. The summed E-state index contributed by atoms with van der Waals surface area (Å²) in [6.07, 6.45) is 9.98. The van der Waals surface area contributed by atoms with Crippen molar-refractivity contribution in [3.8, 4) is 11.4 Å². The van der Waals surface area contributed by atoms with Crippen molar-refractivity contribution in [2.24, 2.45) is 11.8 Å². The summed E-state index contributed by atoms with van der Waals surface area (Å²) in [4.78, 5) is 42.2. The maximum absolute atomic E-state index is 13.5. The molecule has 15 heteroatoms. The topological polar surface area (TPSA) is 143 Å². The van der Waals surface area contributed by atoms with Crippen LogP contribution in [0.3, 0.4) is 0 Å². The third-order valence-corrected chi connectivity index (χ3v) is 11.4. The minimum atomic E-state index is -5.08. The molecule has 3 N–H and O–H groups in total. The third kappa shape index (κ3) is 9.31. The van der Waals surface area contributed by atoms with Gasteiger partial charge < -0.3 is 30.1 Å². The zero-order chi connectivity index (χ0) is 37.5. The summed E-state index contributed by atoms with van der Waals surface area (Å²) in [6.45, 7) is 7.26. The number of unbranched alkanes of at least 4 members (excludes halogenated alkanes) is 1. The van der Waals surface area contributed by atoms with Gasteiger partial charge in [0.25, 0.3) is 5.91 Å². The molecule has 1 saturated carbocycles. The highest BCUT2D eigenvalue weighted by atomic mass is 19.4. The van der Waals surface area contributed by atoms with E-state index in [2.05, 4.69) is 16.9 Å². The van der Waals surface area contributed by atoms with Crippen molar-refractivity contribution >= 4 is 23.8 Å². The number of methoxy groups -OCH3 is 1. The van der Waals surface area contributed by atoms with Crippen LogP contribution in [0.15, 0.2) is 30.5 Å². The number of halogens is 3. The molecule has 4 heterocycles. The second kappa shape index (κ2) is 17.2. The summed E-state index contributed by atoms with van der Waals surface area (Å²) in [5.74, 6) is -0.676. The number of piperidine rings is 2. The van der Waals surface area contributed by atoms with Crippen LogP contribution in [0.25, 0.3) is 5.69 Å². The van der Waals surface area contributed by atoms with E-state index in [9.17, 15) is 22.8 Å². The second-order valence-electron chi connectivity index (χ2n) is 14.6. The van der Waals surface area contributed by atoms with Crippen LogP contribution in [0.4, 0.5) is 23.8 Å². The summed E-state index contributed by atoms with van der Waals surface area (Å²) in [7, 11) is 1.63. The Morgan fingerprint density at radius 1 is 1.04 bits per heavy atom. The number of anilines is 1. The number of carbonyl (C=O) groups excluding carboxylic acids is 2. The van der Waals surface area contributed by atoms with E-state index in [0.717, 1.165) is 69.7 Å². The Kier molecular flexibility index (Phi) is 13.0. The summed E-state index contributed by atoms with van der Waals surface area (Å²) in [6, 6.07) is 7.88. The summed E-state index contributed by atoms with van der Waals surface area (Å²) >= 11 is 0. The molecule has 1 aliphatic carbocycles. The van der Waals surface area contributed by atoms with Crippen LogP contribution < -0.4 is 10.5 Å². The van der Waals surface area contributed by atoms with E-state index < -0.39 is 12.1 Å². The number of carboxylic acid groups (broad SMARTS) is 1. The fourth-order valence-electron chi connectivity index (χ4n) is 8.30. The first-order valence-electron chi connectivity index (χ1n) is 18.6. The fourth-order valence-corrected chi connectivity index (χ4v) is 8.30. The molecular weight excluding hydrogens is 681 g/mol. The lowest BCUT2D eigenvalue weighted by Gasteiger charge is -2.52. The van der Waals surface area contributed by atoms with E-state index in [1.165, 1.54) is 44.9 Å². The van der Waals surface area contributed by atoms with Crippen molar-refractivity contribution in [3.05, 3.63) is 36.0 Å². The maximum atomic E-state index is 13.5. The molecule has 6 rings (SSSR count). The highest BCUT2D eigenvalue weighted by Gasteiger charge is 2.50. The average molecular weight is 735 g/mol. The number of nitrogen functional groups attached to an aromatic ring is 1. The van der Waals surface area contributed by atoms with Crippen LogP contribution >= 0.6 is 0 Å². The Balaban J connectivity index is 0.000000679. The number of ether oxygens (including phenoxy) is 2. The quantitative estimate of drug-likeness (QED) is 0.300. The molecule has 0 radical (unpaired) electrons. The number of hydrogen-bond acceptors (Lipinski definition) is 8. The summed E-state index contributed by atoms with van der Waals surface area (Å²) in [5, 5.41) is 11.5. The predicted octanol–water partition coefficient (Wildman–Crippen LogP) is 6.37. The number of carboxylic acids is 1. The van der Waals surface area contributed by atoms with Crippen molar-refractivity contribution in [2.45, 2.75) is 102 Å². The van der Waals surface area contributed by atoms with Gasteiger partial charge in [-0.1, -0.05) is 39.0 Å². The van der Waals surface area contributed by atoms with E-state index in [1.807, 2.05) is 34.1 Å². The number of nitrogens with zero attached hydrogens (tertiary/aromatic N) is 5. The van der Waals surface area contributed by atoms with Crippen LogP contribution in [-0.2, 0) is 9.53 Å². The minimum absolute atomic E-state index is 0.0611. The van der Waals surface area contributed by atoms with Crippen molar-refractivity contribution in [1.29, 1.82) is 0 Å². The average Bonchev–Trinajstić information content (AvgIpc) is 3.53. The zero-order valence-electron chi connectivity index (χ0n) is 30.3. The Bertz CT molecular complexity index is 1500. The van der Waals surface area contributed by atoms with Crippen LogP contribution in [-0.4, -0.2) is 112 Å². The molecule has 1 aromatic carbocycles. The summed E-state index contributed by atoms with van der Waals surface area (Å²) in [5.41, 5.74) is 7.30. The number of alkyl halides is 3. The molecule has 12 nitrogen and oxygen atoms in total. The Morgan fingerprint density at radius 3 is 2.25 bits per heavy atom. The first-order chi connectivity index (χ1) is 24.8. The number of carbonyl (C=O) groups is 3. The lowest BCUT2D eigenvalue weighted by atomic mass is 9.75. The van der Waals surface area contributed by atoms with Crippen molar-refractivity contribution in [1.82, 2.24) is 24.5 Å². The Morgan fingerprint density at radius 2 is 1.67 bits per heavy atom. The van der Waals surface area contributed by atoms with E-state index in [-0.39, 0.29) is 17.6 Å². The first-order valence-corrected chi connectivity index (χ1v) is 18.6.